The summed E-state index contributed by atoms with van der Waals surface area (Å²) in [7, 11) is 0. The van der Waals surface area contributed by atoms with Crippen LogP contribution in [0.2, 0.25) is 0 Å². The van der Waals surface area contributed by atoms with Gasteiger partial charge in [-0.2, -0.15) is 0 Å². The summed E-state index contributed by atoms with van der Waals surface area (Å²) in [6.07, 6.45) is 0.527. The van der Waals surface area contributed by atoms with E-state index in [-0.39, 0.29) is 24.6 Å². The maximum Gasteiger partial charge on any atom is 0.278 e. The standard InChI is InChI=1S/C22H21FN2O5/c1-2-28-11-3-10-25-21(26)19(14-4-6-15(23)7-5-14)20(22(25)27)24-16-8-9-17-18(12-16)30-13-29-17/h4-9,12,24H,2-3,10-11,13H2,1H3. The molecular weight excluding hydrogens is 391 g/mol. The van der Waals surface area contributed by atoms with Crippen molar-refractivity contribution in [2.24, 2.45) is 0 Å². The molecule has 0 spiro atoms. The predicted molar refractivity (Wildman–Crippen MR) is 107 cm³/mol. The van der Waals surface area contributed by atoms with Gasteiger partial charge in [0.1, 0.15) is 11.5 Å². The zero-order valence-corrected chi connectivity index (χ0v) is 16.4. The Morgan fingerprint density at radius 1 is 1.07 bits per heavy atom. The summed E-state index contributed by atoms with van der Waals surface area (Å²) in [5, 5.41) is 3.05. The fourth-order valence-electron chi connectivity index (χ4n) is 3.37. The minimum Gasteiger partial charge on any atom is -0.454 e. The molecule has 0 fully saturated rings. The molecule has 0 saturated carbocycles. The van der Waals surface area contributed by atoms with Crippen LogP contribution in [0, 0.1) is 5.82 Å². The van der Waals surface area contributed by atoms with Gasteiger partial charge in [0.25, 0.3) is 11.8 Å². The number of halogens is 1. The number of carbonyl (C=O) groups is 2. The SMILES string of the molecule is CCOCCCN1C(=O)C(Nc2ccc3c(c2)OCO3)=C(c2ccc(F)cc2)C1=O. The highest BCUT2D eigenvalue weighted by atomic mass is 19.1. The number of imide groups is 1. The Labute approximate surface area is 173 Å². The van der Waals surface area contributed by atoms with Crippen molar-refractivity contribution in [1.29, 1.82) is 0 Å². The van der Waals surface area contributed by atoms with Gasteiger partial charge in [0.2, 0.25) is 6.79 Å². The van der Waals surface area contributed by atoms with Gasteiger partial charge in [-0.15, -0.1) is 0 Å². The van der Waals surface area contributed by atoms with Gasteiger partial charge in [-0.3, -0.25) is 14.5 Å². The summed E-state index contributed by atoms with van der Waals surface area (Å²) >= 11 is 0. The minimum absolute atomic E-state index is 0.132. The first-order valence-corrected chi connectivity index (χ1v) is 9.69. The van der Waals surface area contributed by atoms with Gasteiger partial charge < -0.3 is 19.5 Å². The number of nitrogens with zero attached hydrogens (tertiary/aromatic N) is 1. The van der Waals surface area contributed by atoms with E-state index in [1.54, 1.807) is 18.2 Å². The van der Waals surface area contributed by atoms with Crippen molar-refractivity contribution in [3.8, 4) is 11.5 Å². The molecule has 0 aliphatic carbocycles. The maximum atomic E-state index is 13.4. The van der Waals surface area contributed by atoms with Gasteiger partial charge >= 0.3 is 0 Å². The van der Waals surface area contributed by atoms with Crippen LogP contribution in [0.1, 0.15) is 18.9 Å². The second kappa shape index (κ2) is 8.54. The Morgan fingerprint density at radius 2 is 1.83 bits per heavy atom. The molecule has 0 radical (unpaired) electrons. The Hall–Kier alpha value is -3.39. The van der Waals surface area contributed by atoms with Crippen molar-refractivity contribution < 1.29 is 28.2 Å². The summed E-state index contributed by atoms with van der Waals surface area (Å²) in [6.45, 7) is 3.26. The van der Waals surface area contributed by atoms with Crippen LogP contribution in [0.15, 0.2) is 48.2 Å². The fourth-order valence-corrected chi connectivity index (χ4v) is 3.37. The van der Waals surface area contributed by atoms with E-state index in [0.29, 0.717) is 42.4 Å². The Morgan fingerprint density at radius 3 is 2.60 bits per heavy atom. The number of rotatable bonds is 8. The smallest absolute Gasteiger partial charge is 0.278 e. The molecule has 7 nitrogen and oxygen atoms in total. The first-order valence-electron chi connectivity index (χ1n) is 9.69. The molecule has 0 unspecified atom stereocenters. The molecular formula is C22H21FN2O5. The third-order valence-electron chi connectivity index (χ3n) is 4.82. The summed E-state index contributed by atoms with van der Waals surface area (Å²) in [6, 6.07) is 10.7. The average Bonchev–Trinajstić information content (AvgIpc) is 3.30. The summed E-state index contributed by atoms with van der Waals surface area (Å²) in [4.78, 5) is 27.4. The molecule has 2 heterocycles. The normalized spacial score (nSPS) is 15.3. The van der Waals surface area contributed by atoms with Crippen LogP contribution in [-0.2, 0) is 14.3 Å². The lowest BCUT2D eigenvalue weighted by Crippen LogP contribution is -2.34. The van der Waals surface area contributed by atoms with Gasteiger partial charge in [-0.25, -0.2) is 4.39 Å². The van der Waals surface area contributed by atoms with Gasteiger partial charge in [-0.05, 0) is 43.2 Å². The van der Waals surface area contributed by atoms with Gasteiger partial charge in [-0.1, -0.05) is 12.1 Å². The topological polar surface area (TPSA) is 77.1 Å². The van der Waals surface area contributed by atoms with Gasteiger partial charge in [0.15, 0.2) is 11.5 Å². The highest BCUT2D eigenvalue weighted by Gasteiger charge is 2.39. The van der Waals surface area contributed by atoms with E-state index in [0.717, 1.165) is 0 Å². The molecule has 156 valence electrons. The number of ether oxygens (including phenoxy) is 3. The number of carbonyl (C=O) groups excluding carboxylic acids is 2. The second-order valence-electron chi connectivity index (χ2n) is 6.76. The van der Waals surface area contributed by atoms with Crippen LogP contribution in [0.5, 0.6) is 11.5 Å². The van der Waals surface area contributed by atoms with E-state index in [9.17, 15) is 14.0 Å². The number of amides is 2. The summed E-state index contributed by atoms with van der Waals surface area (Å²) in [5.74, 6) is -0.122. The van der Waals surface area contributed by atoms with Crippen LogP contribution in [0.4, 0.5) is 10.1 Å². The highest BCUT2D eigenvalue weighted by Crippen LogP contribution is 2.36. The van der Waals surface area contributed by atoms with Crippen molar-refractivity contribution in [3.05, 3.63) is 59.5 Å². The molecule has 1 N–H and O–H groups in total. The van der Waals surface area contributed by atoms with Crippen molar-refractivity contribution in [1.82, 2.24) is 4.90 Å². The average molecular weight is 412 g/mol. The second-order valence-corrected chi connectivity index (χ2v) is 6.76. The molecule has 0 bridgehead atoms. The van der Waals surface area contributed by atoms with Crippen molar-refractivity contribution in [2.75, 3.05) is 31.9 Å². The molecule has 0 atom stereocenters. The third kappa shape index (κ3) is 3.86. The van der Waals surface area contributed by atoms with Gasteiger partial charge in [0, 0.05) is 31.5 Å². The number of hydrogen-bond donors (Lipinski definition) is 1. The Kier molecular flexibility index (Phi) is 5.67. The quantitative estimate of drug-likeness (QED) is 0.530. The fraction of sp³-hybridized carbons (Fsp3) is 0.273. The molecule has 2 aliphatic heterocycles. The lowest BCUT2D eigenvalue weighted by Gasteiger charge is -2.15. The lowest BCUT2D eigenvalue weighted by molar-refractivity contribution is -0.137. The van der Waals surface area contributed by atoms with E-state index < -0.39 is 17.6 Å². The van der Waals surface area contributed by atoms with Gasteiger partial charge in [0.05, 0.1) is 5.57 Å². The van der Waals surface area contributed by atoms with Crippen LogP contribution in [-0.4, -0.2) is 43.3 Å². The van der Waals surface area contributed by atoms with Crippen LogP contribution in [0.3, 0.4) is 0 Å². The highest BCUT2D eigenvalue weighted by molar-refractivity contribution is 6.36. The molecule has 30 heavy (non-hydrogen) atoms. The first-order chi connectivity index (χ1) is 14.6. The Bertz CT molecular complexity index is 1000. The lowest BCUT2D eigenvalue weighted by atomic mass is 10.0. The largest absolute Gasteiger partial charge is 0.454 e. The summed E-state index contributed by atoms with van der Waals surface area (Å²) in [5.41, 5.74) is 1.38. The number of hydrogen-bond acceptors (Lipinski definition) is 6. The predicted octanol–water partition coefficient (Wildman–Crippen LogP) is 3.17. The van der Waals surface area contributed by atoms with Crippen molar-refractivity contribution in [2.45, 2.75) is 13.3 Å². The maximum absolute atomic E-state index is 13.4. The third-order valence-corrected chi connectivity index (χ3v) is 4.82. The molecule has 0 saturated heterocycles. The molecule has 0 aromatic heterocycles. The number of benzene rings is 2. The monoisotopic (exact) mass is 412 g/mol. The van der Waals surface area contributed by atoms with Crippen molar-refractivity contribution in [3.63, 3.8) is 0 Å². The molecule has 2 amide bonds. The number of anilines is 1. The zero-order chi connectivity index (χ0) is 21.1. The molecule has 2 aromatic rings. The van der Waals surface area contributed by atoms with E-state index >= 15 is 0 Å². The van der Waals surface area contributed by atoms with Crippen LogP contribution < -0.4 is 14.8 Å². The number of fused-ring (bicyclic) bond motifs is 1. The van der Waals surface area contributed by atoms with E-state index in [4.69, 9.17) is 14.2 Å². The van der Waals surface area contributed by atoms with Crippen molar-refractivity contribution >= 4 is 23.1 Å². The molecule has 2 aliphatic rings. The van der Waals surface area contributed by atoms with E-state index in [2.05, 4.69) is 5.32 Å². The number of nitrogens with one attached hydrogen (secondary N) is 1. The van der Waals surface area contributed by atoms with E-state index in [1.807, 2.05) is 6.92 Å². The molecule has 8 heteroatoms. The summed E-state index contributed by atoms with van der Waals surface area (Å²) < 4.78 is 29.4. The molecule has 4 rings (SSSR count). The van der Waals surface area contributed by atoms with Crippen LogP contribution in [0.25, 0.3) is 5.57 Å². The Balaban J connectivity index is 1.65. The zero-order valence-electron chi connectivity index (χ0n) is 16.4. The minimum atomic E-state index is -0.437. The van der Waals surface area contributed by atoms with Crippen LogP contribution >= 0.6 is 0 Å². The van der Waals surface area contributed by atoms with E-state index in [1.165, 1.54) is 29.2 Å². The first kappa shape index (κ1) is 19.9. The molecule has 2 aromatic carbocycles.